The molecule has 0 radical (unpaired) electrons. The number of fused-ring (bicyclic) bond motifs is 1. The van der Waals surface area contributed by atoms with Gasteiger partial charge in [0.1, 0.15) is 5.82 Å². The Morgan fingerprint density at radius 2 is 1.83 bits per heavy atom. The molecule has 5 nitrogen and oxygen atoms in total. The number of hydrogen-bond acceptors (Lipinski definition) is 4. The first kappa shape index (κ1) is 11.5. The molecule has 96 valence electrons. The third-order valence-electron chi connectivity index (χ3n) is 3.59. The minimum absolute atomic E-state index is 0.710. The van der Waals surface area contributed by atoms with Gasteiger partial charge >= 0.3 is 0 Å². The maximum atomic E-state index is 6.00. The molecule has 2 aromatic heterocycles. The summed E-state index contributed by atoms with van der Waals surface area (Å²) in [6.45, 7) is 3.15. The third-order valence-corrected chi connectivity index (χ3v) is 3.59. The predicted octanol–water partition coefficient (Wildman–Crippen LogP) is 1.69. The van der Waals surface area contributed by atoms with Crippen LogP contribution in [0.1, 0.15) is 31.5 Å². The molecule has 18 heavy (non-hydrogen) atoms. The van der Waals surface area contributed by atoms with Crippen molar-refractivity contribution < 1.29 is 0 Å². The first-order chi connectivity index (χ1) is 8.84. The second-order valence-electron chi connectivity index (χ2n) is 4.95. The molecule has 2 aromatic rings. The quantitative estimate of drug-likeness (QED) is 0.874. The molecule has 2 N–H and O–H groups in total. The van der Waals surface area contributed by atoms with E-state index < -0.39 is 0 Å². The second kappa shape index (κ2) is 4.94. The van der Waals surface area contributed by atoms with Gasteiger partial charge in [-0.05, 0) is 38.1 Å². The van der Waals surface area contributed by atoms with Crippen molar-refractivity contribution in [3.8, 4) is 0 Å². The molecule has 0 unspecified atom stereocenters. The Balaban J connectivity index is 1.85. The van der Waals surface area contributed by atoms with Crippen LogP contribution in [0.15, 0.2) is 18.2 Å². The molecule has 0 saturated carbocycles. The summed E-state index contributed by atoms with van der Waals surface area (Å²) < 4.78 is 1.95. The molecule has 1 fully saturated rings. The zero-order valence-electron chi connectivity index (χ0n) is 10.5. The van der Waals surface area contributed by atoms with Gasteiger partial charge in [-0.15, -0.1) is 10.2 Å². The Kier molecular flexibility index (Phi) is 3.15. The van der Waals surface area contributed by atoms with Gasteiger partial charge in [0, 0.05) is 0 Å². The number of nitrogen functional groups attached to an aromatic ring is 1. The van der Waals surface area contributed by atoms with Crippen LogP contribution < -0.4 is 5.73 Å². The standard InChI is InChI=1S/C13H19N5/c14-11-6-5-7-12-15-16-13(18(11)12)10-17-8-3-1-2-4-9-17/h5-7H,1-4,8-10,14H2. The fourth-order valence-electron chi connectivity index (χ4n) is 2.62. The molecule has 0 amide bonds. The van der Waals surface area contributed by atoms with E-state index in [0.29, 0.717) is 5.82 Å². The lowest BCUT2D eigenvalue weighted by Gasteiger charge is -2.18. The largest absolute Gasteiger partial charge is 0.385 e. The van der Waals surface area contributed by atoms with Gasteiger partial charge in [-0.3, -0.25) is 9.30 Å². The van der Waals surface area contributed by atoms with Crippen LogP contribution in [0.25, 0.3) is 5.65 Å². The van der Waals surface area contributed by atoms with E-state index in [1.807, 2.05) is 22.6 Å². The first-order valence-electron chi connectivity index (χ1n) is 6.65. The van der Waals surface area contributed by atoms with E-state index >= 15 is 0 Å². The highest BCUT2D eigenvalue weighted by Crippen LogP contribution is 2.15. The Labute approximate surface area is 107 Å². The van der Waals surface area contributed by atoms with Gasteiger partial charge in [0.25, 0.3) is 0 Å². The van der Waals surface area contributed by atoms with E-state index in [0.717, 1.165) is 31.1 Å². The summed E-state index contributed by atoms with van der Waals surface area (Å²) in [5, 5.41) is 8.45. The summed E-state index contributed by atoms with van der Waals surface area (Å²) in [6.07, 6.45) is 5.26. The van der Waals surface area contributed by atoms with E-state index in [9.17, 15) is 0 Å². The Bertz CT molecular complexity index is 525. The van der Waals surface area contributed by atoms with Crippen LogP contribution in [0.4, 0.5) is 5.82 Å². The zero-order valence-corrected chi connectivity index (χ0v) is 10.5. The summed E-state index contributed by atoms with van der Waals surface area (Å²) in [5.74, 6) is 1.66. The molecule has 1 aliphatic heterocycles. The average molecular weight is 245 g/mol. The minimum Gasteiger partial charge on any atom is -0.385 e. The molecule has 0 aliphatic carbocycles. The maximum Gasteiger partial charge on any atom is 0.162 e. The minimum atomic E-state index is 0.710. The Hall–Kier alpha value is -1.62. The van der Waals surface area contributed by atoms with Crippen LogP contribution in [0.3, 0.4) is 0 Å². The van der Waals surface area contributed by atoms with Gasteiger partial charge in [0.05, 0.1) is 6.54 Å². The van der Waals surface area contributed by atoms with Crippen molar-refractivity contribution in [2.75, 3.05) is 18.8 Å². The van der Waals surface area contributed by atoms with Gasteiger partial charge in [0.2, 0.25) is 0 Å². The number of anilines is 1. The lowest BCUT2D eigenvalue weighted by Crippen LogP contribution is -2.25. The summed E-state index contributed by atoms with van der Waals surface area (Å²) in [6, 6.07) is 5.74. The molecule has 3 rings (SSSR count). The lowest BCUT2D eigenvalue weighted by atomic mass is 10.2. The van der Waals surface area contributed by atoms with Crippen LogP contribution in [0, 0.1) is 0 Å². The zero-order chi connectivity index (χ0) is 12.4. The van der Waals surface area contributed by atoms with E-state index in [1.54, 1.807) is 0 Å². The van der Waals surface area contributed by atoms with E-state index in [4.69, 9.17) is 5.73 Å². The fraction of sp³-hybridized carbons (Fsp3) is 0.538. The number of rotatable bonds is 2. The van der Waals surface area contributed by atoms with Gasteiger partial charge in [-0.25, -0.2) is 0 Å². The second-order valence-corrected chi connectivity index (χ2v) is 4.95. The first-order valence-corrected chi connectivity index (χ1v) is 6.65. The van der Waals surface area contributed by atoms with Gasteiger partial charge < -0.3 is 5.73 Å². The third kappa shape index (κ3) is 2.18. The van der Waals surface area contributed by atoms with Crippen molar-refractivity contribution in [1.82, 2.24) is 19.5 Å². The molecular formula is C13H19N5. The SMILES string of the molecule is Nc1cccc2nnc(CN3CCCCCC3)n12. The highest BCUT2D eigenvalue weighted by molar-refractivity contribution is 5.47. The summed E-state index contributed by atoms with van der Waals surface area (Å²) in [7, 11) is 0. The van der Waals surface area contributed by atoms with E-state index in [-0.39, 0.29) is 0 Å². The van der Waals surface area contributed by atoms with Crippen LogP contribution in [0.2, 0.25) is 0 Å². The van der Waals surface area contributed by atoms with Gasteiger partial charge in [-0.2, -0.15) is 0 Å². The molecule has 3 heterocycles. The molecule has 5 heteroatoms. The Morgan fingerprint density at radius 3 is 2.61 bits per heavy atom. The summed E-state index contributed by atoms with van der Waals surface area (Å²) >= 11 is 0. The molecule has 1 aliphatic rings. The summed E-state index contributed by atoms with van der Waals surface area (Å²) in [5.41, 5.74) is 6.84. The smallest absolute Gasteiger partial charge is 0.162 e. The van der Waals surface area contributed by atoms with Crippen molar-refractivity contribution in [3.63, 3.8) is 0 Å². The Morgan fingerprint density at radius 1 is 1.06 bits per heavy atom. The number of likely N-dealkylation sites (tertiary alicyclic amines) is 1. The molecule has 0 bridgehead atoms. The highest BCUT2D eigenvalue weighted by atomic mass is 15.3. The van der Waals surface area contributed by atoms with Gasteiger partial charge in [0.15, 0.2) is 11.5 Å². The van der Waals surface area contributed by atoms with Crippen LogP contribution >= 0.6 is 0 Å². The van der Waals surface area contributed by atoms with Crippen molar-refractivity contribution in [2.45, 2.75) is 32.2 Å². The maximum absolute atomic E-state index is 6.00. The number of pyridine rings is 1. The lowest BCUT2D eigenvalue weighted by molar-refractivity contribution is 0.269. The fourth-order valence-corrected chi connectivity index (χ4v) is 2.62. The molecule has 0 spiro atoms. The summed E-state index contributed by atoms with van der Waals surface area (Å²) in [4.78, 5) is 2.45. The number of hydrogen-bond donors (Lipinski definition) is 1. The molecule has 0 aromatic carbocycles. The molecule has 0 atom stereocenters. The number of aromatic nitrogens is 3. The van der Waals surface area contributed by atoms with Crippen molar-refractivity contribution in [3.05, 3.63) is 24.0 Å². The topological polar surface area (TPSA) is 59.5 Å². The van der Waals surface area contributed by atoms with Crippen LogP contribution in [-0.4, -0.2) is 32.6 Å². The molecular weight excluding hydrogens is 226 g/mol. The van der Waals surface area contributed by atoms with Crippen molar-refractivity contribution >= 4 is 11.5 Å². The van der Waals surface area contributed by atoms with Crippen molar-refractivity contribution in [2.24, 2.45) is 0 Å². The van der Waals surface area contributed by atoms with Crippen LogP contribution in [0.5, 0.6) is 0 Å². The monoisotopic (exact) mass is 245 g/mol. The predicted molar refractivity (Wildman–Crippen MR) is 71.1 cm³/mol. The normalized spacial score (nSPS) is 18.0. The number of nitrogens with zero attached hydrogens (tertiary/aromatic N) is 4. The number of nitrogens with two attached hydrogens (primary N) is 1. The van der Waals surface area contributed by atoms with Crippen molar-refractivity contribution in [1.29, 1.82) is 0 Å². The molecule has 1 saturated heterocycles. The van der Waals surface area contributed by atoms with Crippen LogP contribution in [-0.2, 0) is 6.54 Å². The highest BCUT2D eigenvalue weighted by Gasteiger charge is 2.14. The van der Waals surface area contributed by atoms with E-state index in [1.165, 1.54) is 25.7 Å². The van der Waals surface area contributed by atoms with Gasteiger partial charge in [-0.1, -0.05) is 18.9 Å². The average Bonchev–Trinajstić information content (AvgIpc) is 2.60. The van der Waals surface area contributed by atoms with E-state index in [2.05, 4.69) is 15.1 Å².